The first-order valence-electron chi connectivity index (χ1n) is 4.61. The van der Waals surface area contributed by atoms with E-state index in [1.165, 1.54) is 0 Å². The molecule has 0 aliphatic heterocycles. The molecule has 1 N–H and O–H groups in total. The van der Waals surface area contributed by atoms with Crippen molar-refractivity contribution in [1.29, 1.82) is 0 Å². The van der Waals surface area contributed by atoms with Gasteiger partial charge in [-0.25, -0.2) is 0 Å². The molecule has 72 valence electrons. The minimum atomic E-state index is 0.0858. The fourth-order valence-electron chi connectivity index (χ4n) is 0.960. The summed E-state index contributed by atoms with van der Waals surface area (Å²) in [6.45, 7) is 8.46. The van der Waals surface area contributed by atoms with Crippen LogP contribution in [-0.2, 0) is 0 Å². The van der Waals surface area contributed by atoms with Gasteiger partial charge in [0.05, 0.1) is 6.20 Å². The number of aryl methyl sites for hydroxylation is 1. The normalized spacial score (nSPS) is 11.4. The van der Waals surface area contributed by atoms with Gasteiger partial charge in [0, 0.05) is 5.54 Å². The zero-order valence-corrected chi connectivity index (χ0v) is 8.76. The fourth-order valence-corrected chi connectivity index (χ4v) is 0.960. The van der Waals surface area contributed by atoms with Gasteiger partial charge in [-0.1, -0.05) is 6.92 Å². The number of hydrogen-bond donors (Lipinski definition) is 1. The molecule has 13 heavy (non-hydrogen) atoms. The summed E-state index contributed by atoms with van der Waals surface area (Å²) in [5.41, 5.74) is 1.21. The van der Waals surface area contributed by atoms with Gasteiger partial charge in [0.1, 0.15) is 5.82 Å². The summed E-state index contributed by atoms with van der Waals surface area (Å²) >= 11 is 0. The topological polar surface area (TPSA) is 37.8 Å². The van der Waals surface area contributed by atoms with Crippen LogP contribution in [0, 0.1) is 6.92 Å². The molecule has 0 fully saturated rings. The lowest BCUT2D eigenvalue weighted by Crippen LogP contribution is -2.30. The van der Waals surface area contributed by atoms with E-state index in [2.05, 4.69) is 36.3 Å². The van der Waals surface area contributed by atoms with Crippen molar-refractivity contribution < 1.29 is 0 Å². The first-order chi connectivity index (χ1) is 6.03. The molecule has 0 unspecified atom stereocenters. The van der Waals surface area contributed by atoms with E-state index in [0.717, 1.165) is 17.8 Å². The molecule has 0 radical (unpaired) electrons. The van der Waals surface area contributed by atoms with Crippen molar-refractivity contribution in [3.05, 3.63) is 17.8 Å². The van der Waals surface area contributed by atoms with E-state index in [1.807, 2.05) is 13.0 Å². The van der Waals surface area contributed by atoms with Gasteiger partial charge in [-0.3, -0.25) is 0 Å². The summed E-state index contributed by atoms with van der Waals surface area (Å²) in [6.07, 6.45) is 2.81. The molecule has 0 aromatic carbocycles. The van der Waals surface area contributed by atoms with E-state index in [0.29, 0.717) is 0 Å². The fraction of sp³-hybridized carbons (Fsp3) is 0.600. The van der Waals surface area contributed by atoms with Crippen LogP contribution in [0.15, 0.2) is 12.3 Å². The van der Waals surface area contributed by atoms with Gasteiger partial charge in [-0.2, -0.15) is 5.10 Å². The van der Waals surface area contributed by atoms with Gasteiger partial charge in [0.25, 0.3) is 0 Å². The molecule has 0 amide bonds. The Morgan fingerprint density at radius 3 is 2.69 bits per heavy atom. The van der Waals surface area contributed by atoms with E-state index in [-0.39, 0.29) is 5.54 Å². The maximum absolute atomic E-state index is 4.01. The number of hydrogen-bond acceptors (Lipinski definition) is 3. The predicted octanol–water partition coefficient (Wildman–Crippen LogP) is 2.39. The van der Waals surface area contributed by atoms with Crippen LogP contribution < -0.4 is 5.32 Å². The minimum absolute atomic E-state index is 0.0858. The third-order valence-corrected chi connectivity index (χ3v) is 2.14. The maximum Gasteiger partial charge on any atom is 0.149 e. The van der Waals surface area contributed by atoms with Gasteiger partial charge >= 0.3 is 0 Å². The molecule has 0 spiro atoms. The van der Waals surface area contributed by atoms with Gasteiger partial charge in [0.2, 0.25) is 0 Å². The highest BCUT2D eigenvalue weighted by Crippen LogP contribution is 2.15. The Bertz CT molecular complexity index is 281. The molecule has 0 bridgehead atoms. The molecule has 1 aromatic rings. The third-order valence-electron chi connectivity index (χ3n) is 2.14. The molecular weight excluding hydrogens is 162 g/mol. The van der Waals surface area contributed by atoms with Crippen LogP contribution in [0.2, 0.25) is 0 Å². The molecule has 0 atom stereocenters. The molecule has 1 aromatic heterocycles. The second kappa shape index (κ2) is 3.73. The summed E-state index contributed by atoms with van der Waals surface area (Å²) in [5.74, 6) is 0.854. The standard InChI is InChI=1S/C10H17N3/c1-5-10(3,4)12-9-6-8(2)7-11-13-9/h6-7H,5H2,1-4H3,(H,12,13). The van der Waals surface area contributed by atoms with E-state index in [4.69, 9.17) is 0 Å². The predicted molar refractivity (Wildman–Crippen MR) is 54.8 cm³/mol. The zero-order chi connectivity index (χ0) is 9.90. The summed E-state index contributed by atoms with van der Waals surface area (Å²) in [5, 5.41) is 11.2. The van der Waals surface area contributed by atoms with Crippen LogP contribution in [-0.4, -0.2) is 15.7 Å². The average Bonchev–Trinajstić information content (AvgIpc) is 2.03. The Morgan fingerprint density at radius 2 is 2.15 bits per heavy atom. The second-order valence-corrected chi connectivity index (χ2v) is 3.98. The summed E-state index contributed by atoms with van der Waals surface area (Å²) in [6, 6.07) is 2.00. The van der Waals surface area contributed by atoms with Gasteiger partial charge in [-0.15, -0.1) is 5.10 Å². The van der Waals surface area contributed by atoms with Gasteiger partial charge in [0.15, 0.2) is 0 Å². The molecule has 3 nitrogen and oxygen atoms in total. The minimum Gasteiger partial charge on any atom is -0.364 e. The lowest BCUT2D eigenvalue weighted by atomic mass is 10.0. The highest BCUT2D eigenvalue weighted by Gasteiger charge is 2.14. The van der Waals surface area contributed by atoms with Crippen molar-refractivity contribution in [2.75, 3.05) is 5.32 Å². The monoisotopic (exact) mass is 179 g/mol. The number of nitrogens with zero attached hydrogens (tertiary/aromatic N) is 2. The van der Waals surface area contributed by atoms with Crippen molar-refractivity contribution >= 4 is 5.82 Å². The summed E-state index contributed by atoms with van der Waals surface area (Å²) in [7, 11) is 0. The van der Waals surface area contributed by atoms with E-state index < -0.39 is 0 Å². The maximum atomic E-state index is 4.01. The lowest BCUT2D eigenvalue weighted by Gasteiger charge is -2.24. The second-order valence-electron chi connectivity index (χ2n) is 3.98. The Hall–Kier alpha value is -1.12. The van der Waals surface area contributed by atoms with Crippen LogP contribution in [0.25, 0.3) is 0 Å². The molecule has 1 rings (SSSR count). The largest absolute Gasteiger partial charge is 0.364 e. The van der Waals surface area contributed by atoms with Crippen LogP contribution in [0.3, 0.4) is 0 Å². The molecule has 0 saturated carbocycles. The van der Waals surface area contributed by atoms with E-state index in [9.17, 15) is 0 Å². The van der Waals surface area contributed by atoms with Crippen molar-refractivity contribution in [3.63, 3.8) is 0 Å². The number of nitrogens with one attached hydrogen (secondary N) is 1. The summed E-state index contributed by atoms with van der Waals surface area (Å²) < 4.78 is 0. The highest BCUT2D eigenvalue weighted by atomic mass is 15.2. The lowest BCUT2D eigenvalue weighted by molar-refractivity contribution is 0.543. The Morgan fingerprint density at radius 1 is 1.46 bits per heavy atom. The molecule has 0 aliphatic carbocycles. The van der Waals surface area contributed by atoms with Crippen LogP contribution in [0.1, 0.15) is 32.8 Å². The average molecular weight is 179 g/mol. The van der Waals surface area contributed by atoms with Gasteiger partial charge in [-0.05, 0) is 38.8 Å². The van der Waals surface area contributed by atoms with Crippen LogP contribution in [0.4, 0.5) is 5.82 Å². The van der Waals surface area contributed by atoms with Gasteiger partial charge < -0.3 is 5.32 Å². The quantitative estimate of drug-likeness (QED) is 0.774. The molecular formula is C10H17N3. The first-order valence-corrected chi connectivity index (χ1v) is 4.61. The molecule has 1 heterocycles. The van der Waals surface area contributed by atoms with Crippen molar-refractivity contribution in [1.82, 2.24) is 10.2 Å². The van der Waals surface area contributed by atoms with Crippen molar-refractivity contribution in [3.8, 4) is 0 Å². The molecule has 0 aliphatic rings. The SMILES string of the molecule is CCC(C)(C)Nc1cc(C)cnn1. The molecule has 3 heteroatoms. The van der Waals surface area contributed by atoms with Crippen LogP contribution in [0.5, 0.6) is 0 Å². The number of anilines is 1. The van der Waals surface area contributed by atoms with E-state index in [1.54, 1.807) is 6.20 Å². The van der Waals surface area contributed by atoms with Crippen LogP contribution >= 0.6 is 0 Å². The first kappa shape index (κ1) is 9.96. The number of aromatic nitrogens is 2. The zero-order valence-electron chi connectivity index (χ0n) is 8.76. The smallest absolute Gasteiger partial charge is 0.149 e. The third kappa shape index (κ3) is 3.01. The Labute approximate surface area is 79.6 Å². The highest BCUT2D eigenvalue weighted by molar-refractivity contribution is 5.37. The van der Waals surface area contributed by atoms with E-state index >= 15 is 0 Å². The van der Waals surface area contributed by atoms with Crippen molar-refractivity contribution in [2.24, 2.45) is 0 Å². The molecule has 0 saturated heterocycles. The number of rotatable bonds is 3. The Kier molecular flexibility index (Phi) is 2.86. The van der Waals surface area contributed by atoms with Crippen molar-refractivity contribution in [2.45, 2.75) is 39.7 Å². The Balaban J connectivity index is 2.74. The summed E-state index contributed by atoms with van der Waals surface area (Å²) in [4.78, 5) is 0.